The molecule has 6 rings (SSSR count). The van der Waals surface area contributed by atoms with Crippen molar-refractivity contribution in [1.29, 1.82) is 0 Å². The van der Waals surface area contributed by atoms with Crippen molar-refractivity contribution in [2.45, 2.75) is 57.3 Å². The van der Waals surface area contributed by atoms with Crippen LogP contribution >= 0.6 is 23.2 Å². The summed E-state index contributed by atoms with van der Waals surface area (Å²) in [5.41, 5.74) is 1.23. The van der Waals surface area contributed by atoms with E-state index < -0.39 is 0 Å². The fraction of sp³-hybridized carbons (Fsp3) is 0.720. The minimum atomic E-state index is -0.0698. The molecule has 3 aliphatic heterocycles. The number of anilines is 1. The van der Waals surface area contributed by atoms with Crippen molar-refractivity contribution < 1.29 is 14.3 Å². The summed E-state index contributed by atoms with van der Waals surface area (Å²) in [7, 11) is 0. The van der Waals surface area contributed by atoms with Crippen LogP contribution in [0.1, 0.15) is 39.5 Å². The van der Waals surface area contributed by atoms with E-state index in [4.69, 9.17) is 32.7 Å². The molecule has 0 bridgehead atoms. The zero-order valence-corrected chi connectivity index (χ0v) is 20.4. The monoisotopic (exact) mass is 478 g/mol. The number of hydrogen-bond acceptors (Lipinski definition) is 5. The maximum absolute atomic E-state index is 13.0. The summed E-state index contributed by atoms with van der Waals surface area (Å²) in [5.74, 6) is 0.703. The fourth-order valence-corrected chi connectivity index (χ4v) is 7.88. The highest BCUT2D eigenvalue weighted by Gasteiger charge is 2.78. The van der Waals surface area contributed by atoms with Crippen molar-refractivity contribution >= 4 is 34.9 Å². The van der Waals surface area contributed by atoms with E-state index in [0.29, 0.717) is 16.0 Å². The zero-order valence-electron chi connectivity index (χ0n) is 18.9. The summed E-state index contributed by atoms with van der Waals surface area (Å²) >= 11 is 12.3. The number of ether oxygens (including phenoxy) is 2. The first kappa shape index (κ1) is 21.5. The van der Waals surface area contributed by atoms with Gasteiger partial charge in [-0.15, -0.1) is 0 Å². The van der Waals surface area contributed by atoms with Crippen molar-refractivity contribution in [3.63, 3.8) is 0 Å². The van der Waals surface area contributed by atoms with Gasteiger partial charge in [0.2, 0.25) is 0 Å². The maximum atomic E-state index is 13.0. The summed E-state index contributed by atoms with van der Waals surface area (Å²) in [6.45, 7) is 9.17. The molecule has 2 saturated carbocycles. The smallest absolute Gasteiger partial charge is 0.311 e. The summed E-state index contributed by atoms with van der Waals surface area (Å²) in [5, 5.41) is 1.17. The second kappa shape index (κ2) is 7.49. The molecule has 1 aromatic carbocycles. The molecule has 1 aromatic rings. The lowest BCUT2D eigenvalue weighted by Crippen LogP contribution is -2.55. The summed E-state index contributed by atoms with van der Waals surface area (Å²) < 4.78 is 12.6. The highest BCUT2D eigenvalue weighted by molar-refractivity contribution is 6.42. The third kappa shape index (κ3) is 3.07. The number of hydrogen-bond donors (Lipinski definition) is 0. The number of carbonyl (C=O) groups excluding carboxylic acids is 1. The van der Waals surface area contributed by atoms with E-state index in [2.05, 4.69) is 23.6 Å². The molecule has 0 amide bonds. The van der Waals surface area contributed by atoms with E-state index in [0.717, 1.165) is 44.8 Å². The van der Waals surface area contributed by atoms with Gasteiger partial charge >= 0.3 is 5.97 Å². The molecule has 32 heavy (non-hydrogen) atoms. The standard InChI is InChI=1S/C25H32Cl2N2O3/c1-15-4-3-7-24(2)13-20-21(22-25(15,24)32-22)17(23(30)31-20)14-28-8-10-29(11-9-28)16-5-6-18(26)19(27)12-16/h5-6,12,15,17,20-22H,3-4,7-11,13-14H2,1-2H3/t15-,17+,20+,21+,22-,24+,25-/m0/s1. The number of rotatable bonds is 3. The van der Waals surface area contributed by atoms with Gasteiger partial charge in [0.15, 0.2) is 0 Å². The Balaban J connectivity index is 1.13. The van der Waals surface area contributed by atoms with Gasteiger partial charge in [-0.1, -0.05) is 43.5 Å². The summed E-state index contributed by atoms with van der Waals surface area (Å²) in [6, 6.07) is 5.82. The van der Waals surface area contributed by atoms with Crippen molar-refractivity contribution in [2.24, 2.45) is 23.2 Å². The van der Waals surface area contributed by atoms with Crippen LogP contribution in [0.4, 0.5) is 5.69 Å². The lowest BCUT2D eigenvalue weighted by atomic mass is 9.53. The molecule has 3 heterocycles. The Kier molecular flexibility index (Phi) is 5.04. The molecule has 5 aliphatic rings. The minimum absolute atomic E-state index is 0.00698. The normalized spacial score (nSPS) is 43.3. The number of nitrogens with zero attached hydrogens (tertiary/aromatic N) is 2. The summed E-state index contributed by atoms with van der Waals surface area (Å²) in [4.78, 5) is 17.7. The Hall–Kier alpha value is -1.01. The number of fused-ring (bicyclic) bond motifs is 2. The van der Waals surface area contributed by atoms with Gasteiger partial charge in [0, 0.05) is 49.7 Å². The quantitative estimate of drug-likeness (QED) is 0.467. The molecule has 0 N–H and O–H groups in total. The molecule has 0 radical (unpaired) electrons. The van der Waals surface area contributed by atoms with Crippen LogP contribution in [-0.2, 0) is 14.3 Å². The Morgan fingerprint density at radius 1 is 1.16 bits per heavy atom. The van der Waals surface area contributed by atoms with E-state index in [-0.39, 0.29) is 41.0 Å². The number of carbonyl (C=O) groups is 1. The number of benzene rings is 1. The van der Waals surface area contributed by atoms with Crippen LogP contribution in [0.25, 0.3) is 0 Å². The van der Waals surface area contributed by atoms with Crippen molar-refractivity contribution in [3.8, 4) is 0 Å². The molecule has 5 fully saturated rings. The zero-order chi connectivity index (χ0) is 22.3. The molecule has 0 unspecified atom stereocenters. The molecular weight excluding hydrogens is 447 g/mol. The maximum Gasteiger partial charge on any atom is 0.311 e. The SMILES string of the molecule is C[C@H]1CCC[C@]2(C)C[C@H]3OC(=O)[C@H](CN4CCN(c5ccc(Cl)c(Cl)c5)CC4)[C@H]3[C@@H]3O[C@@]132. The van der Waals surface area contributed by atoms with Gasteiger partial charge < -0.3 is 14.4 Å². The fourth-order valence-electron chi connectivity index (χ4n) is 7.59. The molecule has 1 spiro atoms. The lowest BCUT2D eigenvalue weighted by Gasteiger charge is -2.49. The van der Waals surface area contributed by atoms with Crippen LogP contribution < -0.4 is 4.90 Å². The van der Waals surface area contributed by atoms with E-state index >= 15 is 0 Å². The molecule has 0 aromatic heterocycles. The average Bonchev–Trinajstić information content (AvgIpc) is 3.45. The van der Waals surface area contributed by atoms with E-state index in [1.165, 1.54) is 19.3 Å². The first-order valence-electron chi connectivity index (χ1n) is 12.1. The molecule has 3 saturated heterocycles. The predicted molar refractivity (Wildman–Crippen MR) is 125 cm³/mol. The number of epoxide rings is 1. The second-order valence-electron chi connectivity index (χ2n) is 10.9. The Bertz CT molecular complexity index is 936. The van der Waals surface area contributed by atoms with Crippen molar-refractivity contribution in [1.82, 2.24) is 4.90 Å². The van der Waals surface area contributed by atoms with Crippen LogP contribution in [0, 0.1) is 23.2 Å². The highest BCUT2D eigenvalue weighted by atomic mass is 35.5. The molecule has 7 heteroatoms. The van der Waals surface area contributed by atoms with Crippen LogP contribution in [0.3, 0.4) is 0 Å². The minimum Gasteiger partial charge on any atom is -0.462 e. The van der Waals surface area contributed by atoms with Crippen LogP contribution in [-0.4, -0.2) is 61.4 Å². The molecule has 174 valence electrons. The second-order valence-corrected chi connectivity index (χ2v) is 11.7. The van der Waals surface area contributed by atoms with Gasteiger partial charge in [0.05, 0.1) is 22.1 Å². The van der Waals surface area contributed by atoms with Gasteiger partial charge in [0.1, 0.15) is 11.7 Å². The Labute approximate surface area is 200 Å². The number of piperazine rings is 1. The van der Waals surface area contributed by atoms with E-state index in [1.807, 2.05) is 18.2 Å². The third-order valence-electron chi connectivity index (χ3n) is 9.29. The molecule has 5 nitrogen and oxygen atoms in total. The van der Waals surface area contributed by atoms with Gasteiger partial charge in [-0.2, -0.15) is 0 Å². The summed E-state index contributed by atoms with van der Waals surface area (Å²) in [6.07, 6.45) is 4.87. The largest absolute Gasteiger partial charge is 0.462 e. The predicted octanol–water partition coefficient (Wildman–Crippen LogP) is 4.64. The van der Waals surface area contributed by atoms with Crippen molar-refractivity contribution in [3.05, 3.63) is 28.2 Å². The van der Waals surface area contributed by atoms with Gasteiger partial charge in [-0.3, -0.25) is 9.69 Å². The first-order valence-corrected chi connectivity index (χ1v) is 12.9. The highest BCUT2D eigenvalue weighted by Crippen LogP contribution is 2.70. The lowest BCUT2D eigenvalue weighted by molar-refractivity contribution is -0.146. The average molecular weight is 479 g/mol. The molecule has 7 atom stereocenters. The third-order valence-corrected chi connectivity index (χ3v) is 10.0. The van der Waals surface area contributed by atoms with Gasteiger partial charge in [-0.25, -0.2) is 0 Å². The Morgan fingerprint density at radius 3 is 2.69 bits per heavy atom. The number of halogens is 2. The first-order chi connectivity index (χ1) is 15.3. The Morgan fingerprint density at radius 2 is 1.94 bits per heavy atom. The van der Waals surface area contributed by atoms with Crippen LogP contribution in [0.2, 0.25) is 10.0 Å². The molecular formula is C25H32Cl2N2O3. The topological polar surface area (TPSA) is 45.3 Å². The van der Waals surface area contributed by atoms with Gasteiger partial charge in [0.25, 0.3) is 0 Å². The van der Waals surface area contributed by atoms with Gasteiger partial charge in [-0.05, 0) is 43.4 Å². The number of esters is 1. The van der Waals surface area contributed by atoms with E-state index in [1.54, 1.807) is 0 Å². The van der Waals surface area contributed by atoms with Crippen LogP contribution in [0.5, 0.6) is 0 Å². The van der Waals surface area contributed by atoms with Crippen LogP contribution in [0.15, 0.2) is 18.2 Å². The molecule has 2 aliphatic carbocycles. The van der Waals surface area contributed by atoms with Crippen molar-refractivity contribution in [2.75, 3.05) is 37.6 Å². The van der Waals surface area contributed by atoms with E-state index in [9.17, 15) is 4.79 Å².